The molecule has 5 heteroatoms. The second-order valence-electron chi connectivity index (χ2n) is 10.2. The second kappa shape index (κ2) is 14.3. The van der Waals surface area contributed by atoms with Gasteiger partial charge in [0.15, 0.2) is 0 Å². The van der Waals surface area contributed by atoms with Crippen LogP contribution in [0, 0.1) is 11.7 Å². The van der Waals surface area contributed by atoms with Crippen molar-refractivity contribution >= 4 is 11.8 Å². The summed E-state index contributed by atoms with van der Waals surface area (Å²) in [6, 6.07) is 17.5. The van der Waals surface area contributed by atoms with E-state index in [4.69, 9.17) is 9.99 Å². The lowest BCUT2D eigenvalue weighted by Gasteiger charge is -2.34. The molecule has 1 saturated carbocycles. The van der Waals surface area contributed by atoms with E-state index in [9.17, 15) is 4.39 Å². The minimum atomic E-state index is -0.198. The van der Waals surface area contributed by atoms with Gasteiger partial charge >= 0.3 is 0 Å². The number of benzene rings is 2. The van der Waals surface area contributed by atoms with Gasteiger partial charge in [-0.2, -0.15) is 0 Å². The smallest absolute Gasteiger partial charge is 0.129 e. The van der Waals surface area contributed by atoms with E-state index < -0.39 is 0 Å². The van der Waals surface area contributed by atoms with E-state index in [1.54, 1.807) is 0 Å². The number of oxime groups is 1. The van der Waals surface area contributed by atoms with Gasteiger partial charge in [-0.1, -0.05) is 73.8 Å². The van der Waals surface area contributed by atoms with Crippen LogP contribution < -0.4 is 0 Å². The molecule has 2 fully saturated rings. The fourth-order valence-electron chi connectivity index (χ4n) is 5.32. The van der Waals surface area contributed by atoms with Crippen molar-refractivity contribution in [2.45, 2.75) is 58.4 Å². The van der Waals surface area contributed by atoms with Crippen molar-refractivity contribution < 1.29 is 9.23 Å². The summed E-state index contributed by atoms with van der Waals surface area (Å²) >= 11 is 0. The normalized spacial score (nSPS) is 21.8. The van der Waals surface area contributed by atoms with Crippen molar-refractivity contribution in [2.75, 3.05) is 39.3 Å². The maximum absolute atomic E-state index is 13.4. The number of nitrogens with zero attached hydrogens (tertiary/aromatic N) is 3. The Balaban J connectivity index is 1.30. The molecule has 0 amide bonds. The third-order valence-electron chi connectivity index (χ3n) is 7.46. The fraction of sp³-hybridized carbons (Fsp3) is 0.516. The minimum absolute atomic E-state index is 0.198. The molecule has 0 spiro atoms. The lowest BCUT2D eigenvalue weighted by molar-refractivity contribution is 0.0760. The summed E-state index contributed by atoms with van der Waals surface area (Å²) in [5.74, 6) is 0.259. The molecule has 194 valence electrons. The van der Waals surface area contributed by atoms with E-state index in [1.807, 2.05) is 12.1 Å². The summed E-state index contributed by atoms with van der Waals surface area (Å²) < 4.78 is 13.4. The van der Waals surface area contributed by atoms with Crippen LogP contribution in [0.4, 0.5) is 4.39 Å². The van der Waals surface area contributed by atoms with Crippen LogP contribution >= 0.6 is 0 Å². The Morgan fingerprint density at radius 1 is 0.972 bits per heavy atom. The molecular formula is C31H42FN3O. The summed E-state index contributed by atoms with van der Waals surface area (Å²) in [6.07, 6.45) is 10.4. The first kappa shape index (κ1) is 26.6. The van der Waals surface area contributed by atoms with Crippen LogP contribution in [-0.4, -0.2) is 54.8 Å². The molecule has 0 N–H and O–H groups in total. The van der Waals surface area contributed by atoms with Crippen molar-refractivity contribution in [1.82, 2.24) is 9.80 Å². The average molecular weight is 492 g/mol. The van der Waals surface area contributed by atoms with Crippen molar-refractivity contribution in [1.29, 1.82) is 0 Å². The molecule has 4 rings (SSSR count). The van der Waals surface area contributed by atoms with Gasteiger partial charge in [0.1, 0.15) is 12.4 Å². The molecule has 1 heterocycles. The molecule has 1 saturated heterocycles. The van der Waals surface area contributed by atoms with E-state index in [0.29, 0.717) is 12.5 Å². The zero-order valence-electron chi connectivity index (χ0n) is 21.9. The molecule has 0 aromatic heterocycles. The van der Waals surface area contributed by atoms with Crippen LogP contribution in [0.15, 0.2) is 65.3 Å². The highest BCUT2D eigenvalue weighted by Gasteiger charge is 2.25. The van der Waals surface area contributed by atoms with Gasteiger partial charge in [-0.3, -0.25) is 9.80 Å². The predicted octanol–water partition coefficient (Wildman–Crippen LogP) is 6.78. The van der Waals surface area contributed by atoms with Gasteiger partial charge in [0.25, 0.3) is 0 Å². The monoisotopic (exact) mass is 491 g/mol. The number of hydrogen-bond donors (Lipinski definition) is 0. The average Bonchev–Trinajstić information content (AvgIpc) is 2.91. The van der Waals surface area contributed by atoms with Crippen molar-refractivity contribution in [2.24, 2.45) is 11.1 Å². The molecule has 2 aliphatic rings. The molecule has 1 aliphatic heterocycles. The Labute approximate surface area is 216 Å². The van der Waals surface area contributed by atoms with Crippen molar-refractivity contribution in [3.8, 4) is 0 Å². The van der Waals surface area contributed by atoms with Crippen LogP contribution in [0.25, 0.3) is 6.08 Å². The zero-order chi connectivity index (χ0) is 25.0. The molecule has 2 aromatic carbocycles. The van der Waals surface area contributed by atoms with Gasteiger partial charge in [0.2, 0.25) is 0 Å². The topological polar surface area (TPSA) is 28.1 Å². The fourth-order valence-corrected chi connectivity index (χ4v) is 5.32. The molecule has 1 unspecified atom stereocenters. The lowest BCUT2D eigenvalue weighted by atomic mass is 9.80. The van der Waals surface area contributed by atoms with Crippen molar-refractivity contribution in [3.63, 3.8) is 0 Å². The standard InChI is InChI=1S/C31H42FN3O/c1-2-3-5-11-28-12-8-13-29(24-26-14-16-30(32)17-15-26)31(28)33-36-23-22-34-18-20-35(21-19-34)25-27-9-6-4-7-10-27/h4,6-7,9-10,14-17,24,28H,2-3,5,8,11-13,18-23,25H2,1H3/b29-24+,33-31+. The van der Waals surface area contributed by atoms with Crippen LogP contribution in [-0.2, 0) is 11.4 Å². The Bertz CT molecular complexity index is 965. The van der Waals surface area contributed by atoms with Crippen LogP contribution in [0.5, 0.6) is 0 Å². The Morgan fingerprint density at radius 3 is 2.47 bits per heavy atom. The molecule has 0 bridgehead atoms. The second-order valence-corrected chi connectivity index (χ2v) is 10.2. The molecule has 36 heavy (non-hydrogen) atoms. The van der Waals surface area contributed by atoms with Gasteiger partial charge in [-0.15, -0.1) is 0 Å². The summed E-state index contributed by atoms with van der Waals surface area (Å²) in [5, 5.41) is 4.73. The van der Waals surface area contributed by atoms with Gasteiger partial charge in [0, 0.05) is 45.2 Å². The Morgan fingerprint density at radius 2 is 1.72 bits per heavy atom. The van der Waals surface area contributed by atoms with E-state index in [1.165, 1.54) is 61.8 Å². The number of rotatable bonds is 11. The molecule has 4 nitrogen and oxygen atoms in total. The highest BCUT2D eigenvalue weighted by atomic mass is 19.1. The SMILES string of the molecule is CCCCCC1CCCC(=C\c2ccc(F)cc2)/C1=N/OCCN1CCN(Cc2ccccc2)CC1. The van der Waals surface area contributed by atoms with Gasteiger partial charge < -0.3 is 4.84 Å². The maximum Gasteiger partial charge on any atom is 0.129 e. The third-order valence-corrected chi connectivity index (χ3v) is 7.46. The van der Waals surface area contributed by atoms with Crippen molar-refractivity contribution in [3.05, 3.63) is 77.1 Å². The highest BCUT2D eigenvalue weighted by molar-refractivity contribution is 6.05. The number of hydrogen-bond acceptors (Lipinski definition) is 4. The maximum atomic E-state index is 13.4. The van der Waals surface area contributed by atoms with E-state index in [-0.39, 0.29) is 5.82 Å². The minimum Gasteiger partial charge on any atom is -0.394 e. The summed E-state index contributed by atoms with van der Waals surface area (Å²) in [5.41, 5.74) is 4.79. The molecule has 1 atom stereocenters. The van der Waals surface area contributed by atoms with Crippen LogP contribution in [0.3, 0.4) is 0 Å². The van der Waals surface area contributed by atoms with Crippen LogP contribution in [0.2, 0.25) is 0 Å². The van der Waals surface area contributed by atoms with Gasteiger partial charge in [-0.05, 0) is 60.6 Å². The first-order chi connectivity index (χ1) is 17.7. The molecule has 0 radical (unpaired) electrons. The first-order valence-corrected chi connectivity index (χ1v) is 13.9. The Hall–Kier alpha value is -2.50. The Kier molecular flexibility index (Phi) is 10.5. The number of allylic oxidation sites excluding steroid dienone is 1. The predicted molar refractivity (Wildman–Crippen MR) is 147 cm³/mol. The molecule has 2 aromatic rings. The largest absolute Gasteiger partial charge is 0.394 e. The first-order valence-electron chi connectivity index (χ1n) is 13.9. The van der Waals surface area contributed by atoms with Gasteiger partial charge in [-0.25, -0.2) is 4.39 Å². The quantitative estimate of drug-likeness (QED) is 0.256. The molecular weight excluding hydrogens is 449 g/mol. The van der Waals surface area contributed by atoms with Gasteiger partial charge in [0.05, 0.1) is 5.71 Å². The molecule has 1 aliphatic carbocycles. The highest BCUT2D eigenvalue weighted by Crippen LogP contribution is 2.31. The summed E-state index contributed by atoms with van der Waals surface area (Å²) in [6.45, 7) is 9.13. The number of halogens is 1. The van der Waals surface area contributed by atoms with Crippen LogP contribution in [0.1, 0.15) is 63.0 Å². The van der Waals surface area contributed by atoms with E-state index in [0.717, 1.165) is 57.0 Å². The van der Waals surface area contributed by atoms with E-state index >= 15 is 0 Å². The number of piperazine rings is 1. The lowest BCUT2D eigenvalue weighted by Crippen LogP contribution is -2.46. The summed E-state index contributed by atoms with van der Waals surface area (Å²) in [7, 11) is 0. The number of unbranched alkanes of at least 4 members (excludes halogenated alkanes) is 2. The summed E-state index contributed by atoms with van der Waals surface area (Å²) in [4.78, 5) is 11.0. The third kappa shape index (κ3) is 8.28. The van der Waals surface area contributed by atoms with E-state index in [2.05, 4.69) is 53.1 Å². The zero-order valence-corrected chi connectivity index (χ0v) is 21.9.